The van der Waals surface area contributed by atoms with Crippen LogP contribution in [0.3, 0.4) is 0 Å². The average molecular weight is 418 g/mol. The van der Waals surface area contributed by atoms with E-state index in [-0.39, 0.29) is 5.56 Å². The minimum atomic E-state index is -0.108. The molecule has 2 aromatic heterocycles. The van der Waals surface area contributed by atoms with Gasteiger partial charge in [-0.2, -0.15) is 0 Å². The third-order valence-electron chi connectivity index (χ3n) is 6.21. The van der Waals surface area contributed by atoms with Crippen molar-refractivity contribution in [1.29, 1.82) is 0 Å². The maximum atomic E-state index is 12.0. The molecule has 3 aromatic rings. The van der Waals surface area contributed by atoms with Gasteiger partial charge in [-0.15, -0.1) is 0 Å². The first kappa shape index (κ1) is 21.2. The lowest BCUT2D eigenvalue weighted by Crippen LogP contribution is -2.32. The lowest BCUT2D eigenvalue weighted by Gasteiger charge is -2.30. The molecule has 31 heavy (non-hydrogen) atoms. The van der Waals surface area contributed by atoms with Crippen LogP contribution in [0.15, 0.2) is 47.4 Å². The Kier molecular flexibility index (Phi) is 6.47. The number of piperidine rings is 1. The second kappa shape index (κ2) is 9.43. The van der Waals surface area contributed by atoms with Crippen LogP contribution in [0.25, 0.3) is 11.4 Å². The number of pyridine rings is 1. The Morgan fingerprint density at radius 3 is 2.42 bits per heavy atom. The first-order chi connectivity index (χ1) is 15.0. The molecule has 1 aromatic carbocycles. The Bertz CT molecular complexity index is 1060. The van der Waals surface area contributed by atoms with E-state index in [0.717, 1.165) is 29.5 Å². The number of rotatable bonds is 6. The minimum absolute atomic E-state index is 0.108. The van der Waals surface area contributed by atoms with Crippen molar-refractivity contribution in [3.63, 3.8) is 0 Å². The zero-order valence-electron chi connectivity index (χ0n) is 18.6. The van der Waals surface area contributed by atoms with Gasteiger partial charge in [0.15, 0.2) is 0 Å². The summed E-state index contributed by atoms with van der Waals surface area (Å²) < 4.78 is 0. The van der Waals surface area contributed by atoms with Crippen LogP contribution >= 0.6 is 0 Å². The van der Waals surface area contributed by atoms with E-state index < -0.39 is 0 Å². The third kappa shape index (κ3) is 5.39. The van der Waals surface area contributed by atoms with Gasteiger partial charge >= 0.3 is 0 Å². The highest BCUT2D eigenvalue weighted by molar-refractivity contribution is 5.56. The molecule has 162 valence electrons. The van der Waals surface area contributed by atoms with Gasteiger partial charge in [0, 0.05) is 36.1 Å². The van der Waals surface area contributed by atoms with E-state index in [9.17, 15) is 4.79 Å². The van der Waals surface area contributed by atoms with Gasteiger partial charge in [0.1, 0.15) is 11.6 Å². The van der Waals surface area contributed by atoms with Crippen molar-refractivity contribution >= 4 is 5.82 Å². The normalized spacial score (nSPS) is 15.2. The monoisotopic (exact) mass is 417 g/mol. The summed E-state index contributed by atoms with van der Waals surface area (Å²) in [6.07, 6.45) is 4.35. The van der Waals surface area contributed by atoms with Crippen LogP contribution in [-0.4, -0.2) is 32.9 Å². The third-order valence-corrected chi connectivity index (χ3v) is 6.21. The van der Waals surface area contributed by atoms with E-state index >= 15 is 0 Å². The van der Waals surface area contributed by atoms with Crippen molar-refractivity contribution in [2.45, 2.75) is 46.7 Å². The maximum Gasteiger partial charge on any atom is 0.254 e. The van der Waals surface area contributed by atoms with E-state index in [0.29, 0.717) is 17.9 Å². The van der Waals surface area contributed by atoms with E-state index in [1.165, 1.54) is 37.1 Å². The number of aromatic amines is 1. The summed E-state index contributed by atoms with van der Waals surface area (Å²) in [5.41, 5.74) is 4.66. The van der Waals surface area contributed by atoms with Crippen LogP contribution in [0.1, 0.15) is 42.1 Å². The number of H-pyrrole nitrogens is 1. The fraction of sp³-hybridized carbons (Fsp3) is 0.400. The van der Waals surface area contributed by atoms with Crippen molar-refractivity contribution in [2.75, 3.05) is 18.4 Å². The van der Waals surface area contributed by atoms with Crippen LogP contribution < -0.4 is 10.9 Å². The molecule has 1 saturated heterocycles. The molecule has 6 nitrogen and oxygen atoms in total. The summed E-state index contributed by atoms with van der Waals surface area (Å²) in [5, 5.41) is 3.36. The Hall–Kier alpha value is -2.99. The van der Waals surface area contributed by atoms with Gasteiger partial charge in [0.25, 0.3) is 5.56 Å². The lowest BCUT2D eigenvalue weighted by molar-refractivity contribution is 0.185. The van der Waals surface area contributed by atoms with Gasteiger partial charge in [-0.25, -0.2) is 9.97 Å². The molecule has 0 bridgehead atoms. The number of anilines is 1. The number of aryl methyl sites for hydroxylation is 1. The molecule has 0 unspecified atom stereocenters. The molecule has 0 atom stereocenters. The molecule has 1 fully saturated rings. The number of nitrogens with one attached hydrogen (secondary N) is 2. The molecule has 6 heteroatoms. The molecule has 4 rings (SSSR count). The molecule has 0 aliphatic carbocycles. The van der Waals surface area contributed by atoms with Crippen molar-refractivity contribution in [3.05, 3.63) is 75.3 Å². The van der Waals surface area contributed by atoms with Crippen LogP contribution in [0.4, 0.5) is 5.82 Å². The smallest absolute Gasteiger partial charge is 0.254 e. The number of hydrogen-bond donors (Lipinski definition) is 2. The number of hydrogen-bond acceptors (Lipinski definition) is 5. The number of aromatic nitrogens is 3. The zero-order valence-corrected chi connectivity index (χ0v) is 18.6. The molecular weight excluding hydrogens is 386 g/mol. The van der Waals surface area contributed by atoms with Crippen molar-refractivity contribution in [1.82, 2.24) is 19.9 Å². The molecule has 1 aliphatic rings. The van der Waals surface area contributed by atoms with Gasteiger partial charge in [-0.3, -0.25) is 9.69 Å². The Balaban J connectivity index is 1.32. The Morgan fingerprint density at radius 1 is 1.06 bits per heavy atom. The summed E-state index contributed by atoms with van der Waals surface area (Å²) in [6.45, 7) is 10.1. The predicted molar refractivity (Wildman–Crippen MR) is 125 cm³/mol. The van der Waals surface area contributed by atoms with Crippen LogP contribution in [0.5, 0.6) is 0 Å². The second-order valence-electron chi connectivity index (χ2n) is 8.69. The number of benzene rings is 1. The highest BCUT2D eigenvalue weighted by atomic mass is 16.1. The first-order valence-electron chi connectivity index (χ1n) is 11.1. The van der Waals surface area contributed by atoms with Crippen LogP contribution in [0, 0.1) is 19.8 Å². The Labute approximate surface area is 183 Å². The topological polar surface area (TPSA) is 73.9 Å². The highest BCUT2D eigenvalue weighted by Crippen LogP contribution is 2.19. The number of nitrogens with zero attached hydrogens (tertiary/aromatic N) is 3. The van der Waals surface area contributed by atoms with E-state index in [1.54, 1.807) is 13.1 Å². The summed E-state index contributed by atoms with van der Waals surface area (Å²) in [7, 11) is 0. The van der Waals surface area contributed by atoms with Gasteiger partial charge in [-0.1, -0.05) is 31.2 Å². The fourth-order valence-electron chi connectivity index (χ4n) is 3.85. The standard InChI is InChI=1S/C25H31N5O/c1-17-10-12-30(13-11-17)16-21-6-4-20(5-7-21)14-26-23-9-8-22(15-27-23)24-28-19(3)18(2)25(31)29-24/h4-9,15,17H,10-14,16H2,1-3H3,(H,26,27)(H,28,29,31). The minimum Gasteiger partial charge on any atom is -0.366 e. The molecule has 0 amide bonds. The maximum absolute atomic E-state index is 12.0. The van der Waals surface area contributed by atoms with Gasteiger partial charge in [0.05, 0.1) is 0 Å². The highest BCUT2D eigenvalue weighted by Gasteiger charge is 2.15. The molecule has 3 heterocycles. The fourth-order valence-corrected chi connectivity index (χ4v) is 3.85. The van der Waals surface area contributed by atoms with Crippen LogP contribution in [0.2, 0.25) is 0 Å². The largest absolute Gasteiger partial charge is 0.366 e. The number of likely N-dealkylation sites (tertiary alicyclic amines) is 1. The molecule has 0 spiro atoms. The summed E-state index contributed by atoms with van der Waals surface area (Å²) in [5.74, 6) is 2.21. The quantitative estimate of drug-likeness (QED) is 0.626. The summed E-state index contributed by atoms with van der Waals surface area (Å²) in [4.78, 5) is 26.3. The molecular formula is C25H31N5O. The second-order valence-corrected chi connectivity index (χ2v) is 8.69. The summed E-state index contributed by atoms with van der Waals surface area (Å²) >= 11 is 0. The Morgan fingerprint density at radius 2 is 1.77 bits per heavy atom. The van der Waals surface area contributed by atoms with E-state index in [1.807, 2.05) is 19.1 Å². The van der Waals surface area contributed by atoms with Gasteiger partial charge in [-0.05, 0) is 69.0 Å². The lowest BCUT2D eigenvalue weighted by atomic mass is 9.99. The SMILES string of the molecule is Cc1nc(-c2ccc(NCc3ccc(CN4CCC(C)CC4)cc3)nc2)[nH]c(=O)c1C. The molecule has 0 radical (unpaired) electrons. The zero-order chi connectivity index (χ0) is 21.8. The van der Waals surface area contributed by atoms with E-state index in [2.05, 4.69) is 56.4 Å². The predicted octanol–water partition coefficient (Wildman–Crippen LogP) is 4.29. The van der Waals surface area contributed by atoms with Gasteiger partial charge in [0.2, 0.25) is 0 Å². The average Bonchev–Trinajstić information content (AvgIpc) is 2.78. The van der Waals surface area contributed by atoms with Crippen molar-refractivity contribution < 1.29 is 0 Å². The van der Waals surface area contributed by atoms with Crippen molar-refractivity contribution in [3.8, 4) is 11.4 Å². The first-order valence-corrected chi connectivity index (χ1v) is 11.1. The molecule has 1 aliphatic heterocycles. The van der Waals surface area contributed by atoms with Crippen molar-refractivity contribution in [2.24, 2.45) is 5.92 Å². The van der Waals surface area contributed by atoms with E-state index in [4.69, 9.17) is 0 Å². The summed E-state index contributed by atoms with van der Waals surface area (Å²) in [6, 6.07) is 12.7. The van der Waals surface area contributed by atoms with Gasteiger partial charge < -0.3 is 10.3 Å². The molecule has 2 N–H and O–H groups in total. The molecule has 0 saturated carbocycles. The van der Waals surface area contributed by atoms with Crippen LogP contribution in [-0.2, 0) is 13.1 Å².